The van der Waals surface area contributed by atoms with Gasteiger partial charge in [-0.1, -0.05) is 18.3 Å². The van der Waals surface area contributed by atoms with E-state index in [-0.39, 0.29) is 15.4 Å². The number of nitrogens with one attached hydrogen (secondary N) is 2. The molecule has 0 radical (unpaired) electrons. The molecule has 1 aliphatic rings. The lowest BCUT2D eigenvalue weighted by Crippen LogP contribution is -2.50. The zero-order valence-electron chi connectivity index (χ0n) is 21.0. The molecular weight excluding hydrogens is 522 g/mol. The Morgan fingerprint density at radius 1 is 1.19 bits per heavy atom. The number of fused-ring (bicyclic) bond motifs is 1. The van der Waals surface area contributed by atoms with Gasteiger partial charge in [0.25, 0.3) is 10.0 Å². The Bertz CT molecular complexity index is 1350. The number of ether oxygens (including phenoxy) is 1. The molecule has 3 aromatic rings. The molecule has 0 saturated carbocycles. The first-order chi connectivity index (χ1) is 17.1. The molecule has 3 aromatic heterocycles. The molecule has 0 aliphatic carbocycles. The molecule has 14 heteroatoms. The Hall–Kier alpha value is -2.39. The molecule has 1 atom stereocenters. The van der Waals surface area contributed by atoms with Crippen LogP contribution >= 0.6 is 22.7 Å². The van der Waals surface area contributed by atoms with E-state index in [0.29, 0.717) is 31.9 Å². The quantitative estimate of drug-likeness (QED) is 0.431. The highest BCUT2D eigenvalue weighted by Crippen LogP contribution is 2.31. The van der Waals surface area contributed by atoms with E-state index in [4.69, 9.17) is 4.98 Å². The molecule has 4 rings (SSSR count). The molecule has 2 N–H and O–H groups in total. The van der Waals surface area contributed by atoms with E-state index in [2.05, 4.69) is 49.5 Å². The van der Waals surface area contributed by atoms with Crippen LogP contribution in [0, 0.1) is 13.8 Å². The highest BCUT2D eigenvalue weighted by atomic mass is 32.2. The lowest BCUT2D eigenvalue weighted by Gasteiger charge is -2.35. The summed E-state index contributed by atoms with van der Waals surface area (Å²) in [6, 6.07) is 0.120. The summed E-state index contributed by atoms with van der Waals surface area (Å²) in [5.41, 5.74) is 2.52. The van der Waals surface area contributed by atoms with Crippen molar-refractivity contribution in [2.75, 3.05) is 50.5 Å². The fourth-order valence-corrected chi connectivity index (χ4v) is 7.98. The minimum Gasteiger partial charge on any atom is -0.453 e. The van der Waals surface area contributed by atoms with Crippen molar-refractivity contribution >= 4 is 60.0 Å². The summed E-state index contributed by atoms with van der Waals surface area (Å²) in [7, 11) is -2.47. The molecule has 36 heavy (non-hydrogen) atoms. The minimum atomic E-state index is -3.71. The fraction of sp³-hybridized carbons (Fsp3) is 0.545. The zero-order chi connectivity index (χ0) is 26.0. The van der Waals surface area contributed by atoms with Gasteiger partial charge >= 0.3 is 6.09 Å². The molecule has 196 valence electrons. The maximum Gasteiger partial charge on any atom is 0.413 e. The predicted octanol–water partition coefficient (Wildman–Crippen LogP) is 3.31. The molecule has 4 heterocycles. The van der Waals surface area contributed by atoms with Crippen LogP contribution in [0.3, 0.4) is 0 Å². The van der Waals surface area contributed by atoms with Gasteiger partial charge in [0.2, 0.25) is 0 Å². The number of rotatable bonds is 8. The van der Waals surface area contributed by atoms with E-state index in [0.717, 1.165) is 51.7 Å². The lowest BCUT2D eigenvalue weighted by molar-refractivity contribution is 0.184. The summed E-state index contributed by atoms with van der Waals surface area (Å²) in [6.07, 6.45) is 0.0800. The SMILES string of the molecule is CCc1nc(NC(C)CN2CCN(S(=O)(=O)c3sc(NC(=O)OC)nc3C)CC2)c2scc(C)c2n1. The molecule has 1 fully saturated rings. The van der Waals surface area contributed by atoms with Gasteiger partial charge in [-0.25, -0.2) is 28.2 Å². The van der Waals surface area contributed by atoms with Gasteiger partial charge in [0.05, 0.1) is 23.0 Å². The first-order valence-corrected chi connectivity index (χ1v) is 14.8. The first-order valence-electron chi connectivity index (χ1n) is 11.7. The summed E-state index contributed by atoms with van der Waals surface area (Å²) < 4.78 is 33.7. The van der Waals surface area contributed by atoms with Gasteiger partial charge in [-0.15, -0.1) is 11.3 Å². The van der Waals surface area contributed by atoms with E-state index in [1.165, 1.54) is 11.4 Å². The van der Waals surface area contributed by atoms with Crippen molar-refractivity contribution in [2.45, 2.75) is 44.4 Å². The minimum absolute atomic E-state index is 0.120. The van der Waals surface area contributed by atoms with Crippen molar-refractivity contribution in [1.82, 2.24) is 24.2 Å². The molecule has 1 unspecified atom stereocenters. The van der Waals surface area contributed by atoms with Crippen molar-refractivity contribution in [3.05, 3.63) is 22.5 Å². The average molecular weight is 554 g/mol. The number of aryl methyl sites for hydroxylation is 3. The number of hydrogen-bond acceptors (Lipinski definition) is 11. The summed E-state index contributed by atoms with van der Waals surface area (Å²) in [5, 5.41) is 8.29. The maximum absolute atomic E-state index is 13.2. The van der Waals surface area contributed by atoms with Crippen LogP contribution in [-0.2, 0) is 21.2 Å². The normalized spacial score (nSPS) is 16.2. The monoisotopic (exact) mass is 553 g/mol. The molecule has 0 aromatic carbocycles. The summed E-state index contributed by atoms with van der Waals surface area (Å²) in [6.45, 7) is 10.6. The Balaban J connectivity index is 1.37. The molecule has 1 saturated heterocycles. The number of carbonyl (C=O) groups is 1. The Labute approximate surface area is 219 Å². The van der Waals surface area contributed by atoms with Crippen LogP contribution in [0.25, 0.3) is 10.2 Å². The second kappa shape index (κ2) is 10.9. The van der Waals surface area contributed by atoms with E-state index in [1.54, 1.807) is 18.3 Å². The van der Waals surface area contributed by atoms with Crippen molar-refractivity contribution in [1.29, 1.82) is 0 Å². The molecule has 1 amide bonds. The van der Waals surface area contributed by atoms with Crippen LogP contribution in [0.2, 0.25) is 0 Å². The van der Waals surface area contributed by atoms with Crippen LogP contribution in [0.1, 0.15) is 30.9 Å². The van der Waals surface area contributed by atoms with Crippen LogP contribution in [0.15, 0.2) is 9.59 Å². The lowest BCUT2D eigenvalue weighted by atomic mass is 10.2. The zero-order valence-corrected chi connectivity index (χ0v) is 23.4. The number of methoxy groups -OCH3 is 1. The van der Waals surface area contributed by atoms with Gasteiger partial charge in [-0.05, 0) is 31.7 Å². The number of hydrogen-bond donors (Lipinski definition) is 2. The highest BCUT2D eigenvalue weighted by molar-refractivity contribution is 7.91. The number of sulfonamides is 1. The van der Waals surface area contributed by atoms with Gasteiger partial charge in [0.15, 0.2) is 9.34 Å². The van der Waals surface area contributed by atoms with Crippen LogP contribution in [0.4, 0.5) is 15.7 Å². The highest BCUT2D eigenvalue weighted by Gasteiger charge is 2.32. The standard InChI is InChI=1S/C22H31N7O4S3/c1-6-16-25-17-13(2)12-34-18(17)19(26-16)23-14(3)11-28-7-9-29(10-8-28)36(31,32)20-15(4)24-21(35-20)27-22(30)33-5/h12,14H,6-11H2,1-5H3,(H,23,25,26)(H,24,27,30). The summed E-state index contributed by atoms with van der Waals surface area (Å²) in [5.74, 6) is 1.68. The second-order valence-corrected chi connectivity index (χ2v) is 12.7. The third-order valence-electron chi connectivity index (χ3n) is 5.92. The number of amides is 1. The average Bonchev–Trinajstić information content (AvgIpc) is 3.41. The summed E-state index contributed by atoms with van der Waals surface area (Å²) >= 11 is 2.58. The van der Waals surface area contributed by atoms with E-state index in [1.807, 2.05) is 6.92 Å². The Kier molecular flexibility index (Phi) is 8.09. The number of thiophene rings is 1. The number of piperazine rings is 1. The summed E-state index contributed by atoms with van der Waals surface area (Å²) in [4.78, 5) is 27.3. The van der Waals surface area contributed by atoms with Crippen LogP contribution < -0.4 is 10.6 Å². The van der Waals surface area contributed by atoms with Crippen molar-refractivity contribution < 1.29 is 17.9 Å². The number of anilines is 2. The number of nitrogens with zero attached hydrogens (tertiary/aromatic N) is 5. The maximum atomic E-state index is 13.2. The van der Waals surface area contributed by atoms with E-state index in [9.17, 15) is 13.2 Å². The number of thiazole rings is 1. The van der Waals surface area contributed by atoms with Gasteiger partial charge in [0.1, 0.15) is 11.6 Å². The van der Waals surface area contributed by atoms with Crippen molar-refractivity contribution in [2.24, 2.45) is 0 Å². The van der Waals surface area contributed by atoms with E-state index >= 15 is 0 Å². The molecule has 0 bridgehead atoms. The van der Waals surface area contributed by atoms with Gasteiger partial charge in [-0.2, -0.15) is 4.31 Å². The topological polar surface area (TPSA) is 130 Å². The third-order valence-corrected chi connectivity index (χ3v) is 10.6. The fourth-order valence-electron chi connectivity index (χ4n) is 4.08. The molecule has 1 aliphatic heterocycles. The van der Waals surface area contributed by atoms with E-state index < -0.39 is 16.1 Å². The van der Waals surface area contributed by atoms with Crippen molar-refractivity contribution in [3.63, 3.8) is 0 Å². The van der Waals surface area contributed by atoms with Crippen molar-refractivity contribution in [3.8, 4) is 0 Å². The Morgan fingerprint density at radius 3 is 2.58 bits per heavy atom. The number of aromatic nitrogens is 3. The van der Waals surface area contributed by atoms with Gasteiger partial charge in [-0.3, -0.25) is 10.2 Å². The van der Waals surface area contributed by atoms with Gasteiger partial charge in [0, 0.05) is 45.2 Å². The number of carbonyl (C=O) groups excluding carboxylic acids is 1. The molecular formula is C22H31N7O4S3. The Morgan fingerprint density at radius 2 is 1.92 bits per heavy atom. The van der Waals surface area contributed by atoms with Crippen LogP contribution in [-0.4, -0.2) is 84.5 Å². The molecule has 11 nitrogen and oxygen atoms in total. The predicted molar refractivity (Wildman–Crippen MR) is 143 cm³/mol. The third kappa shape index (κ3) is 5.62. The van der Waals surface area contributed by atoms with Crippen LogP contribution in [0.5, 0.6) is 0 Å². The largest absolute Gasteiger partial charge is 0.453 e. The molecule has 0 spiro atoms. The van der Waals surface area contributed by atoms with Gasteiger partial charge < -0.3 is 10.1 Å². The second-order valence-electron chi connectivity index (χ2n) is 8.70. The first kappa shape index (κ1) is 26.7. The smallest absolute Gasteiger partial charge is 0.413 e.